The minimum Gasteiger partial charge on any atom is -0.369 e. The SMILES string of the molecule is C[C@@H]1CC[C@H](C(N)=O)CN1c1ncnc2sccc12. The fourth-order valence-corrected chi connectivity index (χ4v) is 3.37. The van der Waals surface area contributed by atoms with Gasteiger partial charge >= 0.3 is 0 Å². The van der Waals surface area contributed by atoms with Crippen molar-refractivity contribution in [3.05, 3.63) is 17.8 Å². The molecule has 2 N–H and O–H groups in total. The van der Waals surface area contributed by atoms with Crippen molar-refractivity contribution in [1.82, 2.24) is 9.97 Å². The molecule has 0 aromatic carbocycles. The molecule has 1 fully saturated rings. The van der Waals surface area contributed by atoms with E-state index >= 15 is 0 Å². The van der Waals surface area contributed by atoms with Crippen molar-refractivity contribution in [2.45, 2.75) is 25.8 Å². The number of primary amides is 1. The van der Waals surface area contributed by atoms with Crippen molar-refractivity contribution in [3.8, 4) is 0 Å². The van der Waals surface area contributed by atoms with Crippen LogP contribution in [0.5, 0.6) is 0 Å². The van der Waals surface area contributed by atoms with Crippen LogP contribution in [0.2, 0.25) is 0 Å². The van der Waals surface area contributed by atoms with Crippen LogP contribution in [0.1, 0.15) is 19.8 Å². The zero-order valence-corrected chi connectivity index (χ0v) is 11.6. The summed E-state index contributed by atoms with van der Waals surface area (Å²) in [6, 6.07) is 2.41. The number of nitrogens with two attached hydrogens (primary N) is 1. The summed E-state index contributed by atoms with van der Waals surface area (Å²) in [5, 5.41) is 3.08. The van der Waals surface area contributed by atoms with E-state index in [9.17, 15) is 4.79 Å². The van der Waals surface area contributed by atoms with Crippen molar-refractivity contribution in [3.63, 3.8) is 0 Å². The molecule has 0 radical (unpaired) electrons. The fraction of sp³-hybridized carbons (Fsp3) is 0.462. The Morgan fingerprint density at radius 1 is 1.47 bits per heavy atom. The van der Waals surface area contributed by atoms with Crippen LogP contribution in [0, 0.1) is 5.92 Å². The molecule has 0 saturated carbocycles. The summed E-state index contributed by atoms with van der Waals surface area (Å²) in [7, 11) is 0. The molecule has 1 amide bonds. The lowest BCUT2D eigenvalue weighted by atomic mass is 9.93. The number of anilines is 1. The number of fused-ring (bicyclic) bond motifs is 1. The molecule has 1 aliphatic heterocycles. The van der Waals surface area contributed by atoms with Gasteiger partial charge in [-0.25, -0.2) is 9.97 Å². The van der Waals surface area contributed by atoms with Gasteiger partial charge in [0.05, 0.1) is 11.3 Å². The molecule has 5 nitrogen and oxygen atoms in total. The quantitative estimate of drug-likeness (QED) is 0.907. The maximum atomic E-state index is 11.4. The molecule has 0 bridgehead atoms. The number of thiophene rings is 1. The van der Waals surface area contributed by atoms with E-state index in [1.165, 1.54) is 0 Å². The fourth-order valence-electron chi connectivity index (χ4n) is 2.64. The van der Waals surface area contributed by atoms with Gasteiger partial charge in [-0.15, -0.1) is 11.3 Å². The minimum absolute atomic E-state index is 0.0835. The molecule has 2 atom stereocenters. The van der Waals surface area contributed by atoms with Crippen LogP contribution < -0.4 is 10.6 Å². The molecule has 3 rings (SSSR count). The van der Waals surface area contributed by atoms with Gasteiger partial charge in [-0.1, -0.05) is 0 Å². The first-order valence-electron chi connectivity index (χ1n) is 6.41. The largest absolute Gasteiger partial charge is 0.369 e. The maximum absolute atomic E-state index is 11.4. The summed E-state index contributed by atoms with van der Waals surface area (Å²) in [4.78, 5) is 23.3. The van der Waals surface area contributed by atoms with Crippen molar-refractivity contribution in [2.24, 2.45) is 11.7 Å². The van der Waals surface area contributed by atoms with Crippen molar-refractivity contribution in [2.75, 3.05) is 11.4 Å². The molecular formula is C13H16N4OS. The number of piperidine rings is 1. The van der Waals surface area contributed by atoms with E-state index < -0.39 is 0 Å². The number of rotatable bonds is 2. The standard InChI is InChI=1S/C13H16N4OS/c1-8-2-3-9(11(14)18)6-17(8)12-10-4-5-19-13(10)16-7-15-12/h4-5,7-9H,2-3,6H2,1H3,(H2,14,18)/t8-,9+/m1/s1. The average molecular weight is 276 g/mol. The molecule has 0 spiro atoms. The molecule has 0 unspecified atom stereocenters. The number of nitrogens with zero attached hydrogens (tertiary/aromatic N) is 3. The zero-order valence-electron chi connectivity index (χ0n) is 10.7. The third kappa shape index (κ3) is 2.16. The number of carbonyl (C=O) groups excluding carboxylic acids is 1. The van der Waals surface area contributed by atoms with E-state index in [1.807, 2.05) is 11.4 Å². The zero-order chi connectivity index (χ0) is 13.4. The molecule has 3 heterocycles. The monoisotopic (exact) mass is 276 g/mol. The van der Waals surface area contributed by atoms with Gasteiger partial charge < -0.3 is 10.6 Å². The van der Waals surface area contributed by atoms with E-state index in [0.29, 0.717) is 12.6 Å². The molecule has 2 aromatic rings. The van der Waals surface area contributed by atoms with Crippen molar-refractivity contribution >= 4 is 33.3 Å². The second kappa shape index (κ2) is 4.77. The van der Waals surface area contributed by atoms with Crippen LogP contribution in [0.15, 0.2) is 17.8 Å². The van der Waals surface area contributed by atoms with E-state index in [1.54, 1.807) is 17.7 Å². The minimum atomic E-state index is -0.215. The Morgan fingerprint density at radius 3 is 3.11 bits per heavy atom. The number of hydrogen-bond donors (Lipinski definition) is 1. The number of amides is 1. The molecule has 2 aromatic heterocycles. The average Bonchev–Trinajstić information content (AvgIpc) is 2.87. The van der Waals surface area contributed by atoms with Gasteiger partial charge in [0.2, 0.25) is 5.91 Å². The lowest BCUT2D eigenvalue weighted by Crippen LogP contribution is -2.46. The van der Waals surface area contributed by atoms with Crippen LogP contribution in [-0.2, 0) is 4.79 Å². The van der Waals surface area contributed by atoms with Gasteiger partial charge in [0.15, 0.2) is 0 Å². The summed E-state index contributed by atoms with van der Waals surface area (Å²) in [6.07, 6.45) is 3.42. The van der Waals surface area contributed by atoms with Crippen LogP contribution >= 0.6 is 11.3 Å². The third-order valence-corrected chi connectivity index (χ3v) is 4.62. The van der Waals surface area contributed by atoms with E-state index in [2.05, 4.69) is 21.8 Å². The smallest absolute Gasteiger partial charge is 0.222 e. The Bertz CT molecular complexity index is 611. The van der Waals surface area contributed by atoms with Crippen molar-refractivity contribution in [1.29, 1.82) is 0 Å². The Balaban J connectivity index is 1.99. The second-order valence-electron chi connectivity index (χ2n) is 5.01. The molecule has 1 aliphatic rings. The van der Waals surface area contributed by atoms with Crippen molar-refractivity contribution < 1.29 is 4.79 Å². The highest BCUT2D eigenvalue weighted by atomic mass is 32.1. The Morgan fingerprint density at radius 2 is 2.32 bits per heavy atom. The molecule has 1 saturated heterocycles. The first-order valence-corrected chi connectivity index (χ1v) is 7.29. The van der Waals surface area contributed by atoms with E-state index in [0.717, 1.165) is 28.9 Å². The normalized spacial score (nSPS) is 23.7. The highest BCUT2D eigenvalue weighted by Gasteiger charge is 2.30. The number of carbonyl (C=O) groups is 1. The van der Waals surface area contributed by atoms with E-state index in [-0.39, 0.29) is 11.8 Å². The summed E-state index contributed by atoms with van der Waals surface area (Å²) in [5.74, 6) is 0.622. The highest BCUT2D eigenvalue weighted by Crippen LogP contribution is 2.32. The molecule has 19 heavy (non-hydrogen) atoms. The summed E-state index contributed by atoms with van der Waals surface area (Å²) in [6.45, 7) is 2.82. The van der Waals surface area contributed by atoms with Gasteiger partial charge in [0, 0.05) is 12.6 Å². The van der Waals surface area contributed by atoms with Crippen LogP contribution in [-0.4, -0.2) is 28.5 Å². The molecule has 100 valence electrons. The number of hydrogen-bond acceptors (Lipinski definition) is 5. The van der Waals surface area contributed by atoms with Gasteiger partial charge in [-0.05, 0) is 31.2 Å². The Labute approximate surface area is 115 Å². The molecular weight excluding hydrogens is 260 g/mol. The third-order valence-electron chi connectivity index (χ3n) is 3.80. The second-order valence-corrected chi connectivity index (χ2v) is 5.91. The van der Waals surface area contributed by atoms with Gasteiger partial charge in [0.1, 0.15) is 17.0 Å². The predicted octanol–water partition coefficient (Wildman–Crippen LogP) is 1.78. The van der Waals surface area contributed by atoms with Gasteiger partial charge in [-0.2, -0.15) is 0 Å². The lowest BCUT2D eigenvalue weighted by molar-refractivity contribution is -0.122. The number of aromatic nitrogens is 2. The van der Waals surface area contributed by atoms with Crippen LogP contribution in [0.25, 0.3) is 10.2 Å². The maximum Gasteiger partial charge on any atom is 0.222 e. The highest BCUT2D eigenvalue weighted by molar-refractivity contribution is 7.16. The van der Waals surface area contributed by atoms with Gasteiger partial charge in [0.25, 0.3) is 0 Å². The van der Waals surface area contributed by atoms with Crippen LogP contribution in [0.3, 0.4) is 0 Å². The molecule has 6 heteroatoms. The Hall–Kier alpha value is -1.69. The summed E-state index contributed by atoms with van der Waals surface area (Å²) >= 11 is 1.60. The molecule has 0 aliphatic carbocycles. The topological polar surface area (TPSA) is 72.1 Å². The summed E-state index contributed by atoms with van der Waals surface area (Å²) in [5.41, 5.74) is 5.45. The van der Waals surface area contributed by atoms with Gasteiger partial charge in [-0.3, -0.25) is 4.79 Å². The first-order chi connectivity index (χ1) is 9.16. The predicted molar refractivity (Wildman–Crippen MR) is 76.1 cm³/mol. The van der Waals surface area contributed by atoms with Crippen LogP contribution in [0.4, 0.5) is 5.82 Å². The first kappa shape index (κ1) is 12.3. The summed E-state index contributed by atoms with van der Waals surface area (Å²) < 4.78 is 0. The lowest BCUT2D eigenvalue weighted by Gasteiger charge is -2.37. The Kier molecular flexibility index (Phi) is 3.10. The van der Waals surface area contributed by atoms with E-state index in [4.69, 9.17) is 5.73 Å².